The fourth-order valence-electron chi connectivity index (χ4n) is 1.45. The molecule has 1 aromatic carbocycles. The summed E-state index contributed by atoms with van der Waals surface area (Å²) in [6.07, 6.45) is 0. The molecule has 0 aromatic heterocycles. The Hall–Kier alpha value is -1.13. The SMILES string of the molecule is COC(=O)CO[Si](C)(C)Cc1ccccc1. The van der Waals surface area contributed by atoms with Gasteiger partial charge in [-0.3, -0.25) is 0 Å². The van der Waals surface area contributed by atoms with E-state index in [1.54, 1.807) is 0 Å². The third-order valence-corrected chi connectivity index (χ3v) is 4.47. The Bertz CT molecular complexity index is 335. The average Bonchev–Trinajstić information content (AvgIpc) is 2.27. The maximum atomic E-state index is 11.0. The molecule has 1 aromatic rings. The summed E-state index contributed by atoms with van der Waals surface area (Å²) in [6.45, 7) is 4.26. The smallest absolute Gasteiger partial charge is 0.330 e. The Morgan fingerprint density at radius 1 is 1.25 bits per heavy atom. The fraction of sp³-hybridized carbons (Fsp3) is 0.417. The number of ether oxygens (including phenoxy) is 1. The minimum absolute atomic E-state index is 0.0581. The van der Waals surface area contributed by atoms with Crippen molar-refractivity contribution in [3.63, 3.8) is 0 Å². The lowest BCUT2D eigenvalue weighted by Crippen LogP contribution is -2.36. The largest absolute Gasteiger partial charge is 0.467 e. The van der Waals surface area contributed by atoms with Crippen molar-refractivity contribution in [1.29, 1.82) is 0 Å². The van der Waals surface area contributed by atoms with Gasteiger partial charge in [-0.15, -0.1) is 0 Å². The summed E-state index contributed by atoms with van der Waals surface area (Å²) in [4.78, 5) is 11.0. The van der Waals surface area contributed by atoms with Crippen molar-refractivity contribution in [2.45, 2.75) is 19.1 Å². The van der Waals surface area contributed by atoms with Gasteiger partial charge < -0.3 is 9.16 Å². The van der Waals surface area contributed by atoms with Gasteiger partial charge in [0.2, 0.25) is 0 Å². The van der Waals surface area contributed by atoms with Crippen LogP contribution in [-0.2, 0) is 20.0 Å². The number of hydrogen-bond donors (Lipinski definition) is 0. The van der Waals surface area contributed by atoms with Crippen LogP contribution in [0, 0.1) is 0 Å². The minimum Gasteiger partial charge on any atom is -0.467 e. The summed E-state index contributed by atoms with van der Waals surface area (Å²) in [5.74, 6) is -0.311. The Labute approximate surface area is 97.5 Å². The van der Waals surface area contributed by atoms with E-state index in [9.17, 15) is 4.79 Å². The van der Waals surface area contributed by atoms with Gasteiger partial charge in [0.25, 0.3) is 0 Å². The lowest BCUT2D eigenvalue weighted by Gasteiger charge is -2.22. The molecule has 3 nitrogen and oxygen atoms in total. The second-order valence-electron chi connectivity index (χ2n) is 4.29. The van der Waals surface area contributed by atoms with Gasteiger partial charge in [-0.25, -0.2) is 4.79 Å². The minimum atomic E-state index is -1.82. The molecule has 1 rings (SSSR count). The van der Waals surface area contributed by atoms with E-state index in [0.29, 0.717) is 0 Å². The zero-order valence-corrected chi connectivity index (χ0v) is 11.0. The number of benzene rings is 1. The maximum Gasteiger partial charge on any atom is 0.330 e. The van der Waals surface area contributed by atoms with E-state index < -0.39 is 8.32 Å². The number of hydrogen-bond acceptors (Lipinski definition) is 3. The molecular formula is C12H18O3Si. The van der Waals surface area contributed by atoms with Gasteiger partial charge >= 0.3 is 5.97 Å². The predicted octanol–water partition coefficient (Wildman–Crippen LogP) is 2.16. The maximum absolute atomic E-state index is 11.0. The fourth-order valence-corrected chi connectivity index (χ4v) is 3.28. The molecule has 0 heterocycles. The third kappa shape index (κ3) is 4.59. The van der Waals surface area contributed by atoms with E-state index >= 15 is 0 Å². The predicted molar refractivity (Wildman–Crippen MR) is 65.6 cm³/mol. The van der Waals surface area contributed by atoms with Crippen molar-refractivity contribution in [3.8, 4) is 0 Å². The highest BCUT2D eigenvalue weighted by atomic mass is 28.4. The highest BCUT2D eigenvalue weighted by Gasteiger charge is 2.24. The highest BCUT2D eigenvalue weighted by Crippen LogP contribution is 2.13. The first-order valence-corrected chi connectivity index (χ1v) is 8.40. The van der Waals surface area contributed by atoms with E-state index in [1.807, 2.05) is 18.2 Å². The molecule has 0 amide bonds. The zero-order valence-electron chi connectivity index (χ0n) is 10.0. The van der Waals surface area contributed by atoms with E-state index in [4.69, 9.17) is 4.43 Å². The van der Waals surface area contributed by atoms with E-state index in [1.165, 1.54) is 12.7 Å². The van der Waals surface area contributed by atoms with Gasteiger partial charge in [-0.2, -0.15) is 0 Å². The van der Waals surface area contributed by atoms with Crippen LogP contribution in [0.25, 0.3) is 0 Å². The van der Waals surface area contributed by atoms with Crippen LogP contribution < -0.4 is 0 Å². The molecule has 0 saturated heterocycles. The molecule has 0 spiro atoms. The Balaban J connectivity index is 2.48. The lowest BCUT2D eigenvalue weighted by atomic mass is 10.2. The van der Waals surface area contributed by atoms with Gasteiger partial charge in [-0.05, 0) is 24.7 Å². The first-order valence-electron chi connectivity index (χ1n) is 5.28. The molecule has 0 bridgehead atoms. The monoisotopic (exact) mass is 238 g/mol. The van der Waals surface area contributed by atoms with Crippen LogP contribution in [0.1, 0.15) is 5.56 Å². The molecule has 16 heavy (non-hydrogen) atoms. The first-order chi connectivity index (χ1) is 7.53. The van der Waals surface area contributed by atoms with Gasteiger partial charge in [-0.1, -0.05) is 30.3 Å². The topological polar surface area (TPSA) is 35.5 Å². The molecule has 0 fully saturated rings. The van der Waals surface area contributed by atoms with Crippen LogP contribution in [0.15, 0.2) is 30.3 Å². The lowest BCUT2D eigenvalue weighted by molar-refractivity contribution is -0.143. The molecule has 0 aliphatic rings. The van der Waals surface area contributed by atoms with Gasteiger partial charge in [0.15, 0.2) is 8.32 Å². The van der Waals surface area contributed by atoms with Gasteiger partial charge in [0.1, 0.15) is 6.61 Å². The van der Waals surface area contributed by atoms with Gasteiger partial charge in [0.05, 0.1) is 7.11 Å². The van der Waals surface area contributed by atoms with E-state index in [-0.39, 0.29) is 12.6 Å². The summed E-state index contributed by atoms with van der Waals surface area (Å²) < 4.78 is 10.2. The van der Waals surface area contributed by atoms with Crippen molar-refractivity contribution in [1.82, 2.24) is 0 Å². The van der Waals surface area contributed by atoms with E-state index in [2.05, 4.69) is 30.0 Å². The number of carbonyl (C=O) groups excluding carboxylic acids is 1. The van der Waals surface area contributed by atoms with E-state index in [0.717, 1.165) is 6.04 Å². The highest BCUT2D eigenvalue weighted by molar-refractivity contribution is 6.70. The molecule has 0 N–H and O–H groups in total. The summed E-state index contributed by atoms with van der Waals surface area (Å²) in [6, 6.07) is 11.1. The summed E-state index contributed by atoms with van der Waals surface area (Å²) in [5.41, 5.74) is 1.25. The van der Waals surface area contributed by atoms with Crippen LogP contribution in [0.2, 0.25) is 13.1 Å². The number of methoxy groups -OCH3 is 1. The Morgan fingerprint density at radius 2 is 1.88 bits per heavy atom. The number of carbonyl (C=O) groups is 1. The zero-order chi connectivity index (χ0) is 12.0. The molecule has 0 aliphatic heterocycles. The second-order valence-corrected chi connectivity index (χ2v) is 8.45. The quantitative estimate of drug-likeness (QED) is 0.582. The molecular weight excluding hydrogens is 220 g/mol. The molecule has 4 heteroatoms. The van der Waals surface area contributed by atoms with Crippen LogP contribution in [0.5, 0.6) is 0 Å². The van der Waals surface area contributed by atoms with Crippen LogP contribution in [0.3, 0.4) is 0 Å². The van der Waals surface area contributed by atoms with Gasteiger partial charge in [0, 0.05) is 0 Å². The Kier molecular flexibility index (Phi) is 4.70. The summed E-state index contributed by atoms with van der Waals surface area (Å²) in [5, 5.41) is 0. The number of rotatable bonds is 5. The molecule has 0 aliphatic carbocycles. The molecule has 88 valence electrons. The molecule has 0 saturated carbocycles. The second kappa shape index (κ2) is 5.82. The number of esters is 1. The average molecular weight is 238 g/mol. The summed E-state index contributed by atoms with van der Waals surface area (Å²) >= 11 is 0. The van der Waals surface area contributed by atoms with Crippen molar-refractivity contribution in [2.24, 2.45) is 0 Å². The van der Waals surface area contributed by atoms with Crippen LogP contribution >= 0.6 is 0 Å². The molecule has 0 unspecified atom stereocenters. The van der Waals surface area contributed by atoms with Crippen LogP contribution in [0.4, 0.5) is 0 Å². The van der Waals surface area contributed by atoms with Crippen molar-refractivity contribution in [2.75, 3.05) is 13.7 Å². The summed E-state index contributed by atoms with van der Waals surface area (Å²) in [7, 11) is -0.452. The standard InChI is InChI=1S/C12H18O3Si/c1-14-12(13)9-15-16(2,3)10-11-7-5-4-6-8-11/h4-8H,9-10H2,1-3H3. The molecule has 0 atom stereocenters. The Morgan fingerprint density at radius 3 is 2.44 bits per heavy atom. The van der Waals surface area contributed by atoms with Crippen molar-refractivity contribution in [3.05, 3.63) is 35.9 Å². The molecule has 0 radical (unpaired) electrons. The van der Waals surface area contributed by atoms with Crippen molar-refractivity contribution >= 4 is 14.3 Å². The normalized spacial score (nSPS) is 11.2. The third-order valence-electron chi connectivity index (χ3n) is 2.28. The van der Waals surface area contributed by atoms with Crippen LogP contribution in [-0.4, -0.2) is 28.0 Å². The van der Waals surface area contributed by atoms with Crippen molar-refractivity contribution < 1.29 is 14.0 Å². The first kappa shape index (κ1) is 12.9.